The topological polar surface area (TPSA) is 55.6 Å². The van der Waals surface area contributed by atoms with Gasteiger partial charge in [-0.2, -0.15) is 0 Å². The summed E-state index contributed by atoms with van der Waals surface area (Å²) >= 11 is 4.73. The molecule has 1 aromatic carbocycles. The van der Waals surface area contributed by atoms with Gasteiger partial charge in [0.05, 0.1) is 11.5 Å². The number of ether oxygens (including phenoxy) is 1. The fourth-order valence-electron chi connectivity index (χ4n) is 1.21. The van der Waals surface area contributed by atoms with Gasteiger partial charge >= 0.3 is 0 Å². The van der Waals surface area contributed by atoms with Gasteiger partial charge in [0.1, 0.15) is 5.75 Å². The smallest absolute Gasteiger partial charge is 0.260 e. The van der Waals surface area contributed by atoms with Crippen molar-refractivity contribution in [3.8, 4) is 5.75 Å². The molecule has 0 aliphatic rings. The van der Waals surface area contributed by atoms with Gasteiger partial charge in [0.2, 0.25) is 0 Å². The van der Waals surface area contributed by atoms with Crippen molar-refractivity contribution in [3.63, 3.8) is 0 Å². The molecule has 0 heterocycles. The number of hydrogen-bond donors (Lipinski definition) is 1. The molecule has 0 radical (unpaired) electrons. The molecular weight excluding hydrogens is 236 g/mol. The summed E-state index contributed by atoms with van der Waals surface area (Å²) in [5, 5.41) is 0. The van der Waals surface area contributed by atoms with Crippen molar-refractivity contribution in [3.05, 3.63) is 29.8 Å². The summed E-state index contributed by atoms with van der Waals surface area (Å²) in [6.45, 7) is 2.25. The van der Waals surface area contributed by atoms with Crippen molar-refractivity contribution in [2.75, 3.05) is 20.2 Å². The maximum Gasteiger partial charge on any atom is 0.260 e. The van der Waals surface area contributed by atoms with Gasteiger partial charge in [0.15, 0.2) is 6.61 Å². The Morgan fingerprint density at radius 2 is 2.00 bits per heavy atom. The minimum Gasteiger partial charge on any atom is -0.484 e. The van der Waals surface area contributed by atoms with Crippen LogP contribution in [-0.2, 0) is 4.79 Å². The minimum absolute atomic E-state index is 0.0117. The molecule has 0 saturated heterocycles. The fourth-order valence-corrected chi connectivity index (χ4v) is 1.41. The van der Waals surface area contributed by atoms with Crippen molar-refractivity contribution in [1.82, 2.24) is 4.90 Å². The second-order valence-electron chi connectivity index (χ2n) is 3.82. The molecule has 0 aromatic heterocycles. The highest BCUT2D eigenvalue weighted by molar-refractivity contribution is 7.80. The number of thiocarbonyl (C=S) groups is 1. The number of amides is 1. The monoisotopic (exact) mass is 252 g/mol. The molecule has 17 heavy (non-hydrogen) atoms. The van der Waals surface area contributed by atoms with E-state index in [1.54, 1.807) is 7.05 Å². The van der Waals surface area contributed by atoms with Crippen molar-refractivity contribution in [2.45, 2.75) is 6.92 Å². The van der Waals surface area contributed by atoms with E-state index in [0.29, 0.717) is 5.75 Å². The van der Waals surface area contributed by atoms with Gasteiger partial charge in [-0.1, -0.05) is 29.9 Å². The Balaban J connectivity index is 2.42. The fraction of sp³-hybridized carbons (Fsp3) is 0.333. The number of likely N-dealkylation sites (N-methyl/N-ethyl adjacent to an activating group) is 1. The standard InChI is InChI=1S/C12H16N2O2S/c1-9-3-5-10(6-4-9)16-8-12(15)14(2)7-11(13)17/h3-6H,7-8H2,1-2H3,(H2,13,17). The lowest BCUT2D eigenvalue weighted by Gasteiger charge is -2.16. The van der Waals surface area contributed by atoms with Gasteiger partial charge in [-0.3, -0.25) is 4.79 Å². The van der Waals surface area contributed by atoms with Crippen LogP contribution < -0.4 is 10.5 Å². The van der Waals surface area contributed by atoms with Gasteiger partial charge in [0, 0.05) is 7.05 Å². The van der Waals surface area contributed by atoms with E-state index in [4.69, 9.17) is 22.7 Å². The van der Waals surface area contributed by atoms with Crippen LogP contribution in [0.4, 0.5) is 0 Å². The summed E-state index contributed by atoms with van der Waals surface area (Å²) in [6, 6.07) is 7.52. The highest BCUT2D eigenvalue weighted by Gasteiger charge is 2.09. The molecule has 0 aliphatic carbocycles. The number of carbonyl (C=O) groups excluding carboxylic acids is 1. The molecule has 0 fully saturated rings. The summed E-state index contributed by atoms with van der Waals surface area (Å²) < 4.78 is 5.35. The minimum atomic E-state index is -0.154. The molecule has 0 bridgehead atoms. The molecule has 92 valence electrons. The number of nitrogens with two attached hydrogens (primary N) is 1. The predicted octanol–water partition coefficient (Wildman–Crippen LogP) is 1.12. The number of aryl methyl sites for hydroxylation is 1. The Labute approximate surface area is 106 Å². The van der Waals surface area contributed by atoms with Crippen LogP contribution in [0.2, 0.25) is 0 Å². The van der Waals surface area contributed by atoms with Gasteiger partial charge in [-0.05, 0) is 19.1 Å². The van der Waals surface area contributed by atoms with E-state index < -0.39 is 0 Å². The molecule has 1 amide bonds. The van der Waals surface area contributed by atoms with E-state index in [9.17, 15) is 4.79 Å². The summed E-state index contributed by atoms with van der Waals surface area (Å²) in [4.78, 5) is 13.3. The first-order valence-corrected chi connectivity index (χ1v) is 5.61. The van der Waals surface area contributed by atoms with E-state index in [0.717, 1.165) is 5.56 Å². The lowest BCUT2D eigenvalue weighted by molar-refractivity contribution is -0.131. The zero-order chi connectivity index (χ0) is 12.8. The maximum atomic E-state index is 11.6. The summed E-state index contributed by atoms with van der Waals surface area (Å²) in [5.74, 6) is 0.519. The van der Waals surface area contributed by atoms with Crippen molar-refractivity contribution < 1.29 is 9.53 Å². The first kappa shape index (κ1) is 13.4. The Hall–Kier alpha value is -1.62. The second kappa shape index (κ2) is 6.20. The van der Waals surface area contributed by atoms with Crippen LogP contribution in [0.3, 0.4) is 0 Å². The normalized spacial score (nSPS) is 9.76. The molecular formula is C12H16N2O2S. The first-order valence-electron chi connectivity index (χ1n) is 5.21. The van der Waals surface area contributed by atoms with E-state index in [1.807, 2.05) is 31.2 Å². The van der Waals surface area contributed by atoms with Crippen LogP contribution in [0, 0.1) is 6.92 Å². The van der Waals surface area contributed by atoms with Gasteiger partial charge in [-0.15, -0.1) is 0 Å². The van der Waals surface area contributed by atoms with Crippen LogP contribution in [0.25, 0.3) is 0 Å². The maximum absolute atomic E-state index is 11.6. The van der Waals surface area contributed by atoms with Gasteiger partial charge in [-0.25, -0.2) is 0 Å². The molecule has 0 saturated carbocycles. The SMILES string of the molecule is Cc1ccc(OCC(=O)N(C)CC(N)=S)cc1. The van der Waals surface area contributed by atoms with E-state index in [-0.39, 0.29) is 24.0 Å². The molecule has 0 unspecified atom stereocenters. The van der Waals surface area contributed by atoms with Crippen LogP contribution in [0.5, 0.6) is 5.75 Å². The first-order chi connectivity index (χ1) is 7.99. The van der Waals surface area contributed by atoms with Crippen molar-refractivity contribution in [1.29, 1.82) is 0 Å². The summed E-state index contributed by atoms with van der Waals surface area (Å²) in [5.41, 5.74) is 6.50. The lowest BCUT2D eigenvalue weighted by Crippen LogP contribution is -2.37. The quantitative estimate of drug-likeness (QED) is 0.798. The molecule has 2 N–H and O–H groups in total. The van der Waals surface area contributed by atoms with E-state index in [2.05, 4.69) is 0 Å². The molecule has 0 spiro atoms. The molecule has 4 nitrogen and oxygen atoms in total. The highest BCUT2D eigenvalue weighted by atomic mass is 32.1. The summed E-state index contributed by atoms with van der Waals surface area (Å²) in [6.07, 6.45) is 0. The highest BCUT2D eigenvalue weighted by Crippen LogP contribution is 2.11. The van der Waals surface area contributed by atoms with Gasteiger partial charge < -0.3 is 15.4 Å². The number of carbonyl (C=O) groups is 1. The van der Waals surface area contributed by atoms with Crippen molar-refractivity contribution in [2.24, 2.45) is 5.73 Å². The third-order valence-electron chi connectivity index (χ3n) is 2.20. The molecule has 1 rings (SSSR count). The number of benzene rings is 1. The summed E-state index contributed by atoms with van der Waals surface area (Å²) in [7, 11) is 1.64. The molecule has 0 atom stereocenters. The van der Waals surface area contributed by atoms with Crippen LogP contribution in [-0.4, -0.2) is 36.0 Å². The number of nitrogens with zero attached hydrogens (tertiary/aromatic N) is 1. The number of hydrogen-bond acceptors (Lipinski definition) is 3. The average molecular weight is 252 g/mol. The zero-order valence-corrected chi connectivity index (χ0v) is 10.8. The second-order valence-corrected chi connectivity index (χ2v) is 4.34. The Morgan fingerprint density at radius 1 is 1.41 bits per heavy atom. The van der Waals surface area contributed by atoms with Crippen LogP contribution in [0.15, 0.2) is 24.3 Å². The predicted molar refractivity (Wildman–Crippen MR) is 71.1 cm³/mol. The molecule has 5 heteroatoms. The number of rotatable bonds is 5. The molecule has 1 aromatic rings. The zero-order valence-electron chi connectivity index (χ0n) is 9.97. The van der Waals surface area contributed by atoms with Crippen LogP contribution >= 0.6 is 12.2 Å². The Morgan fingerprint density at radius 3 is 2.53 bits per heavy atom. The average Bonchev–Trinajstić information content (AvgIpc) is 2.27. The van der Waals surface area contributed by atoms with Gasteiger partial charge in [0.25, 0.3) is 5.91 Å². The Bertz CT molecular complexity index is 403. The lowest BCUT2D eigenvalue weighted by atomic mass is 10.2. The third kappa shape index (κ3) is 4.82. The van der Waals surface area contributed by atoms with Crippen molar-refractivity contribution >= 4 is 23.1 Å². The third-order valence-corrected chi connectivity index (χ3v) is 2.33. The van der Waals surface area contributed by atoms with E-state index >= 15 is 0 Å². The van der Waals surface area contributed by atoms with E-state index in [1.165, 1.54) is 4.90 Å². The molecule has 0 aliphatic heterocycles. The van der Waals surface area contributed by atoms with Crippen LogP contribution in [0.1, 0.15) is 5.56 Å². The largest absolute Gasteiger partial charge is 0.484 e. The Kier molecular flexibility index (Phi) is 4.90.